The highest BCUT2D eigenvalue weighted by atomic mass is 16.6. The summed E-state index contributed by atoms with van der Waals surface area (Å²) < 4.78 is 5.56. The van der Waals surface area contributed by atoms with Crippen LogP contribution >= 0.6 is 0 Å². The third kappa shape index (κ3) is 6.70. The van der Waals surface area contributed by atoms with Crippen LogP contribution in [0.2, 0.25) is 0 Å². The molecule has 0 radical (unpaired) electrons. The van der Waals surface area contributed by atoms with Crippen LogP contribution in [0.3, 0.4) is 0 Å². The van der Waals surface area contributed by atoms with Crippen LogP contribution in [0.5, 0.6) is 0 Å². The number of amides is 1. The van der Waals surface area contributed by atoms with Crippen molar-refractivity contribution in [3.05, 3.63) is 0 Å². The molecule has 1 N–H and O–H groups in total. The highest BCUT2D eigenvalue weighted by Gasteiger charge is 2.30. The van der Waals surface area contributed by atoms with Crippen molar-refractivity contribution in [3.63, 3.8) is 0 Å². The lowest BCUT2D eigenvalue weighted by atomic mass is 10.0. The molecule has 1 aliphatic heterocycles. The number of carbonyl (C=O) groups excluding carboxylic acids is 1. The first-order valence-corrected chi connectivity index (χ1v) is 9.66. The van der Waals surface area contributed by atoms with Gasteiger partial charge in [-0.3, -0.25) is 0 Å². The average Bonchev–Trinajstić information content (AvgIpc) is 2.99. The predicted molar refractivity (Wildman–Crippen MR) is 94.6 cm³/mol. The molecule has 0 aromatic carbocycles. The number of rotatable bonds is 6. The van der Waals surface area contributed by atoms with Gasteiger partial charge in [0.05, 0.1) is 0 Å². The third-order valence-electron chi connectivity index (χ3n) is 5.08. The molecule has 4 nitrogen and oxygen atoms in total. The number of nitrogens with zero attached hydrogens (tertiary/aromatic N) is 1. The van der Waals surface area contributed by atoms with Gasteiger partial charge in [-0.25, -0.2) is 4.79 Å². The number of piperidine rings is 1. The zero-order valence-electron chi connectivity index (χ0n) is 15.4. The van der Waals surface area contributed by atoms with Gasteiger partial charge < -0.3 is 15.0 Å². The van der Waals surface area contributed by atoms with E-state index >= 15 is 0 Å². The molecule has 1 saturated carbocycles. The van der Waals surface area contributed by atoms with Crippen molar-refractivity contribution in [2.24, 2.45) is 5.92 Å². The quantitative estimate of drug-likeness (QED) is 0.739. The summed E-state index contributed by atoms with van der Waals surface area (Å²) in [5.41, 5.74) is -0.409. The third-order valence-corrected chi connectivity index (χ3v) is 5.08. The minimum Gasteiger partial charge on any atom is -0.444 e. The Labute approximate surface area is 142 Å². The SMILES string of the molecule is CC(C)(C)OC(=O)N1CCCCC1CNCCCC1CCCC1. The van der Waals surface area contributed by atoms with E-state index in [0.29, 0.717) is 6.04 Å². The van der Waals surface area contributed by atoms with Gasteiger partial charge in [0, 0.05) is 19.1 Å². The van der Waals surface area contributed by atoms with Crippen molar-refractivity contribution in [2.75, 3.05) is 19.6 Å². The van der Waals surface area contributed by atoms with E-state index in [0.717, 1.165) is 38.4 Å². The van der Waals surface area contributed by atoms with Gasteiger partial charge in [0.25, 0.3) is 0 Å². The van der Waals surface area contributed by atoms with Crippen molar-refractivity contribution < 1.29 is 9.53 Å². The molecule has 2 fully saturated rings. The maximum absolute atomic E-state index is 12.4. The Kier molecular flexibility index (Phi) is 7.19. The minimum atomic E-state index is -0.409. The average molecular weight is 325 g/mol. The molecule has 134 valence electrons. The lowest BCUT2D eigenvalue weighted by Gasteiger charge is -2.37. The Bertz CT molecular complexity index is 359. The fraction of sp³-hybridized carbons (Fsp3) is 0.947. The lowest BCUT2D eigenvalue weighted by molar-refractivity contribution is 0.00997. The first-order valence-electron chi connectivity index (χ1n) is 9.66. The summed E-state index contributed by atoms with van der Waals surface area (Å²) in [6.07, 6.45) is 11.6. The second-order valence-corrected chi connectivity index (χ2v) is 8.32. The summed E-state index contributed by atoms with van der Waals surface area (Å²) in [4.78, 5) is 14.3. The Morgan fingerprint density at radius 2 is 1.83 bits per heavy atom. The van der Waals surface area contributed by atoms with Gasteiger partial charge in [0.2, 0.25) is 0 Å². The minimum absolute atomic E-state index is 0.144. The van der Waals surface area contributed by atoms with Crippen LogP contribution < -0.4 is 5.32 Å². The number of ether oxygens (including phenoxy) is 1. The summed E-state index contributed by atoms with van der Waals surface area (Å²) in [5, 5.41) is 3.58. The van der Waals surface area contributed by atoms with Crippen LogP contribution in [0.15, 0.2) is 0 Å². The van der Waals surface area contributed by atoms with Gasteiger partial charge in [-0.15, -0.1) is 0 Å². The molecule has 1 saturated heterocycles. The van der Waals surface area contributed by atoms with Gasteiger partial charge in [-0.2, -0.15) is 0 Å². The van der Waals surface area contributed by atoms with Gasteiger partial charge in [0.15, 0.2) is 0 Å². The van der Waals surface area contributed by atoms with Crippen LogP contribution in [-0.2, 0) is 4.74 Å². The molecule has 1 unspecified atom stereocenters. The Hall–Kier alpha value is -0.770. The van der Waals surface area contributed by atoms with Gasteiger partial charge >= 0.3 is 6.09 Å². The summed E-state index contributed by atoms with van der Waals surface area (Å²) in [6.45, 7) is 8.63. The van der Waals surface area contributed by atoms with Crippen LogP contribution in [0.1, 0.15) is 78.6 Å². The Morgan fingerprint density at radius 3 is 2.52 bits per heavy atom. The summed E-state index contributed by atoms with van der Waals surface area (Å²) >= 11 is 0. The van der Waals surface area contributed by atoms with Crippen LogP contribution in [0, 0.1) is 5.92 Å². The first-order chi connectivity index (χ1) is 11.0. The van der Waals surface area contributed by atoms with Crippen LogP contribution in [0.25, 0.3) is 0 Å². The van der Waals surface area contributed by atoms with Gasteiger partial charge in [0.1, 0.15) is 5.60 Å². The van der Waals surface area contributed by atoms with Crippen molar-refractivity contribution in [1.82, 2.24) is 10.2 Å². The van der Waals surface area contributed by atoms with E-state index in [2.05, 4.69) is 5.32 Å². The highest BCUT2D eigenvalue weighted by Crippen LogP contribution is 2.28. The largest absolute Gasteiger partial charge is 0.444 e. The molecular weight excluding hydrogens is 288 g/mol. The van der Waals surface area contributed by atoms with Crippen molar-refractivity contribution >= 4 is 6.09 Å². The molecule has 1 amide bonds. The summed E-state index contributed by atoms with van der Waals surface area (Å²) in [7, 11) is 0. The highest BCUT2D eigenvalue weighted by molar-refractivity contribution is 5.68. The Balaban J connectivity index is 1.67. The van der Waals surface area contributed by atoms with E-state index < -0.39 is 5.60 Å². The normalized spacial score (nSPS) is 23.3. The molecule has 0 aromatic heterocycles. The summed E-state index contributed by atoms with van der Waals surface area (Å²) in [5.74, 6) is 0.977. The Morgan fingerprint density at radius 1 is 1.13 bits per heavy atom. The summed E-state index contributed by atoms with van der Waals surface area (Å²) in [6, 6.07) is 0.296. The molecular formula is C19H36N2O2. The van der Waals surface area contributed by atoms with Gasteiger partial charge in [-0.05, 0) is 65.3 Å². The van der Waals surface area contributed by atoms with Gasteiger partial charge in [-0.1, -0.05) is 25.7 Å². The molecule has 2 rings (SSSR count). The molecule has 0 aromatic rings. The van der Waals surface area contributed by atoms with E-state index in [4.69, 9.17) is 4.74 Å². The number of hydrogen-bond acceptors (Lipinski definition) is 3. The molecule has 2 aliphatic rings. The van der Waals surface area contributed by atoms with E-state index in [1.54, 1.807) is 0 Å². The van der Waals surface area contributed by atoms with Crippen LogP contribution in [0.4, 0.5) is 4.79 Å². The topological polar surface area (TPSA) is 41.6 Å². The first kappa shape index (κ1) is 18.6. The van der Waals surface area contributed by atoms with E-state index in [1.807, 2.05) is 25.7 Å². The fourth-order valence-corrected chi connectivity index (χ4v) is 3.86. The molecule has 1 atom stereocenters. The number of carbonyl (C=O) groups is 1. The molecule has 1 heterocycles. The second-order valence-electron chi connectivity index (χ2n) is 8.32. The van der Waals surface area contributed by atoms with E-state index in [-0.39, 0.29) is 6.09 Å². The zero-order valence-corrected chi connectivity index (χ0v) is 15.4. The van der Waals surface area contributed by atoms with Crippen molar-refractivity contribution in [3.8, 4) is 0 Å². The predicted octanol–water partition coefficient (Wildman–Crippen LogP) is 4.34. The smallest absolute Gasteiger partial charge is 0.410 e. The van der Waals surface area contributed by atoms with E-state index in [9.17, 15) is 4.79 Å². The lowest BCUT2D eigenvalue weighted by Crippen LogP contribution is -2.50. The fourth-order valence-electron chi connectivity index (χ4n) is 3.86. The number of hydrogen-bond donors (Lipinski definition) is 1. The second kappa shape index (κ2) is 8.91. The number of nitrogens with one attached hydrogen (secondary N) is 1. The molecule has 0 bridgehead atoms. The molecule has 4 heteroatoms. The van der Waals surface area contributed by atoms with Crippen LogP contribution in [-0.4, -0.2) is 42.3 Å². The molecule has 0 spiro atoms. The monoisotopic (exact) mass is 324 g/mol. The zero-order chi connectivity index (χ0) is 16.7. The van der Waals surface area contributed by atoms with E-state index in [1.165, 1.54) is 44.9 Å². The maximum Gasteiger partial charge on any atom is 0.410 e. The standard InChI is InChI=1S/C19H36N2O2/c1-19(2,3)23-18(22)21-14-7-6-12-17(21)15-20-13-8-11-16-9-4-5-10-16/h16-17,20H,4-15H2,1-3H3. The number of likely N-dealkylation sites (tertiary alicyclic amines) is 1. The molecule has 23 heavy (non-hydrogen) atoms. The molecule has 1 aliphatic carbocycles. The van der Waals surface area contributed by atoms with Crippen molar-refractivity contribution in [1.29, 1.82) is 0 Å². The van der Waals surface area contributed by atoms with Crippen molar-refractivity contribution in [2.45, 2.75) is 90.2 Å². The maximum atomic E-state index is 12.4.